The molecule has 3 rings (SSSR count). The summed E-state index contributed by atoms with van der Waals surface area (Å²) in [5.41, 5.74) is 0. The summed E-state index contributed by atoms with van der Waals surface area (Å²) in [5.74, 6) is 1.82. The standard InChI is InChI=1S/C19H33N5S/c1-15-11-21-18(25-15)13-23-19(20-2)22-12-17-9-6-10-24(17)14-16-7-4-3-5-8-16/h11,16-17H,3-10,12-14H2,1-2H3,(H2,20,22,23). The number of likely N-dealkylation sites (tertiary alicyclic amines) is 1. The highest BCUT2D eigenvalue weighted by Crippen LogP contribution is 2.27. The first-order valence-electron chi connectivity index (χ1n) is 9.84. The molecule has 1 aromatic rings. The number of hydrogen-bond acceptors (Lipinski definition) is 4. The van der Waals surface area contributed by atoms with Crippen molar-refractivity contribution in [3.63, 3.8) is 0 Å². The van der Waals surface area contributed by atoms with Crippen molar-refractivity contribution in [1.82, 2.24) is 20.5 Å². The third-order valence-corrected chi connectivity index (χ3v) is 6.43. The van der Waals surface area contributed by atoms with Gasteiger partial charge >= 0.3 is 0 Å². The molecule has 0 aromatic carbocycles. The van der Waals surface area contributed by atoms with E-state index in [0.29, 0.717) is 6.04 Å². The number of guanidine groups is 1. The lowest BCUT2D eigenvalue weighted by molar-refractivity contribution is 0.188. The summed E-state index contributed by atoms with van der Waals surface area (Å²) in [6, 6.07) is 0.655. The minimum absolute atomic E-state index is 0.655. The van der Waals surface area contributed by atoms with E-state index < -0.39 is 0 Å². The summed E-state index contributed by atoms with van der Waals surface area (Å²) in [5, 5.41) is 8.03. The number of thiazole rings is 1. The molecule has 2 aliphatic rings. The lowest BCUT2D eigenvalue weighted by Crippen LogP contribution is -2.45. The minimum Gasteiger partial charge on any atom is -0.355 e. The molecule has 0 radical (unpaired) electrons. The number of aromatic nitrogens is 1. The molecule has 0 bridgehead atoms. The second-order valence-corrected chi connectivity index (χ2v) is 8.79. The van der Waals surface area contributed by atoms with Gasteiger partial charge < -0.3 is 10.6 Å². The average molecular weight is 364 g/mol. The fraction of sp³-hybridized carbons (Fsp3) is 0.789. The Kier molecular flexibility index (Phi) is 7.11. The Morgan fingerprint density at radius 2 is 2.08 bits per heavy atom. The molecule has 1 atom stereocenters. The molecule has 2 N–H and O–H groups in total. The van der Waals surface area contributed by atoms with Crippen LogP contribution in [-0.2, 0) is 6.54 Å². The van der Waals surface area contributed by atoms with Gasteiger partial charge in [0.25, 0.3) is 0 Å². The fourth-order valence-electron chi connectivity index (χ4n) is 4.15. The van der Waals surface area contributed by atoms with Gasteiger partial charge in [-0.25, -0.2) is 4.98 Å². The largest absolute Gasteiger partial charge is 0.355 e. The second kappa shape index (κ2) is 9.53. The van der Waals surface area contributed by atoms with Gasteiger partial charge in [0.2, 0.25) is 0 Å². The number of rotatable bonds is 6. The Labute approximate surface area is 156 Å². The van der Waals surface area contributed by atoms with Crippen molar-refractivity contribution >= 4 is 17.3 Å². The van der Waals surface area contributed by atoms with E-state index in [1.54, 1.807) is 11.3 Å². The maximum absolute atomic E-state index is 4.40. The smallest absolute Gasteiger partial charge is 0.191 e. The number of hydrogen-bond donors (Lipinski definition) is 2. The van der Waals surface area contributed by atoms with E-state index in [0.717, 1.165) is 30.0 Å². The normalized spacial score (nSPS) is 23.1. The van der Waals surface area contributed by atoms with Crippen LogP contribution in [0.4, 0.5) is 0 Å². The summed E-state index contributed by atoms with van der Waals surface area (Å²) in [6.45, 7) is 6.40. The molecule has 1 saturated carbocycles. The van der Waals surface area contributed by atoms with Gasteiger partial charge in [0.1, 0.15) is 5.01 Å². The van der Waals surface area contributed by atoms with Crippen molar-refractivity contribution in [3.05, 3.63) is 16.1 Å². The van der Waals surface area contributed by atoms with Crippen LogP contribution >= 0.6 is 11.3 Å². The van der Waals surface area contributed by atoms with E-state index in [1.165, 1.54) is 62.9 Å². The third kappa shape index (κ3) is 5.68. The number of aliphatic imine (C=N–C) groups is 1. The Morgan fingerprint density at radius 3 is 2.80 bits per heavy atom. The Morgan fingerprint density at radius 1 is 1.24 bits per heavy atom. The van der Waals surface area contributed by atoms with E-state index in [9.17, 15) is 0 Å². The molecule has 1 aliphatic carbocycles. The topological polar surface area (TPSA) is 52.6 Å². The number of nitrogens with one attached hydrogen (secondary N) is 2. The molecule has 140 valence electrons. The number of nitrogens with zero attached hydrogens (tertiary/aromatic N) is 3. The van der Waals surface area contributed by atoms with Crippen molar-refractivity contribution in [2.45, 2.75) is 64.5 Å². The maximum atomic E-state index is 4.40. The molecule has 0 amide bonds. The van der Waals surface area contributed by atoms with Crippen LogP contribution < -0.4 is 10.6 Å². The van der Waals surface area contributed by atoms with Gasteiger partial charge in [-0.3, -0.25) is 9.89 Å². The zero-order chi connectivity index (χ0) is 17.5. The van der Waals surface area contributed by atoms with Gasteiger partial charge in [-0.2, -0.15) is 0 Å². The lowest BCUT2D eigenvalue weighted by Gasteiger charge is -2.31. The van der Waals surface area contributed by atoms with Crippen molar-refractivity contribution in [1.29, 1.82) is 0 Å². The van der Waals surface area contributed by atoms with Crippen LogP contribution in [0.3, 0.4) is 0 Å². The fourth-order valence-corrected chi connectivity index (χ4v) is 4.87. The third-order valence-electron chi connectivity index (χ3n) is 5.52. The summed E-state index contributed by atoms with van der Waals surface area (Å²) >= 11 is 1.74. The summed E-state index contributed by atoms with van der Waals surface area (Å²) in [7, 11) is 1.84. The monoisotopic (exact) mass is 363 g/mol. The molecule has 5 nitrogen and oxygen atoms in total. The van der Waals surface area contributed by atoms with Crippen LogP contribution in [-0.4, -0.2) is 48.6 Å². The molecule has 6 heteroatoms. The molecule has 0 spiro atoms. The average Bonchev–Trinajstić information content (AvgIpc) is 3.25. The molecule has 25 heavy (non-hydrogen) atoms. The Bertz CT molecular complexity index is 550. The van der Waals surface area contributed by atoms with E-state index in [2.05, 4.69) is 32.4 Å². The first-order valence-corrected chi connectivity index (χ1v) is 10.7. The van der Waals surface area contributed by atoms with Crippen LogP contribution in [0.25, 0.3) is 0 Å². The highest BCUT2D eigenvalue weighted by Gasteiger charge is 2.27. The van der Waals surface area contributed by atoms with E-state index in [1.807, 2.05) is 13.2 Å². The van der Waals surface area contributed by atoms with Gasteiger partial charge in [-0.15, -0.1) is 11.3 Å². The summed E-state index contributed by atoms with van der Waals surface area (Å²) < 4.78 is 0. The minimum atomic E-state index is 0.655. The molecule has 2 fully saturated rings. The van der Waals surface area contributed by atoms with Crippen molar-refractivity contribution < 1.29 is 0 Å². The molecule has 1 saturated heterocycles. The maximum Gasteiger partial charge on any atom is 0.191 e. The van der Waals surface area contributed by atoms with Crippen LogP contribution in [0.2, 0.25) is 0 Å². The molecule has 1 aliphatic heterocycles. The van der Waals surface area contributed by atoms with Crippen LogP contribution in [0.5, 0.6) is 0 Å². The quantitative estimate of drug-likeness (QED) is 0.602. The van der Waals surface area contributed by atoms with Crippen molar-refractivity contribution in [3.8, 4) is 0 Å². The summed E-state index contributed by atoms with van der Waals surface area (Å²) in [4.78, 5) is 12.7. The Balaban J connectivity index is 1.42. The van der Waals surface area contributed by atoms with Gasteiger partial charge in [-0.05, 0) is 45.1 Å². The first kappa shape index (κ1) is 18.6. The zero-order valence-electron chi connectivity index (χ0n) is 15.8. The molecule has 1 unspecified atom stereocenters. The van der Waals surface area contributed by atoms with Crippen molar-refractivity contribution in [2.75, 3.05) is 26.7 Å². The highest BCUT2D eigenvalue weighted by atomic mass is 32.1. The zero-order valence-corrected chi connectivity index (χ0v) is 16.6. The van der Waals surface area contributed by atoms with Crippen LogP contribution in [0, 0.1) is 12.8 Å². The van der Waals surface area contributed by atoms with Gasteiger partial charge in [0, 0.05) is 37.3 Å². The molecule has 1 aromatic heterocycles. The molecule has 2 heterocycles. The Hall–Kier alpha value is -1.14. The SMILES string of the molecule is CN=C(NCc1ncc(C)s1)NCC1CCCN1CC1CCCCC1. The van der Waals surface area contributed by atoms with E-state index in [4.69, 9.17) is 0 Å². The molecular weight excluding hydrogens is 330 g/mol. The van der Waals surface area contributed by atoms with E-state index >= 15 is 0 Å². The highest BCUT2D eigenvalue weighted by molar-refractivity contribution is 7.11. The van der Waals surface area contributed by atoms with Crippen LogP contribution in [0.15, 0.2) is 11.2 Å². The van der Waals surface area contributed by atoms with Gasteiger partial charge in [-0.1, -0.05) is 19.3 Å². The first-order chi connectivity index (χ1) is 12.2. The van der Waals surface area contributed by atoms with Crippen molar-refractivity contribution in [2.24, 2.45) is 10.9 Å². The summed E-state index contributed by atoms with van der Waals surface area (Å²) in [6.07, 6.45) is 11.8. The predicted octanol–water partition coefficient (Wildman–Crippen LogP) is 3.16. The van der Waals surface area contributed by atoms with E-state index in [-0.39, 0.29) is 0 Å². The molecular formula is C19H33N5S. The number of aryl methyl sites for hydroxylation is 1. The van der Waals surface area contributed by atoms with Gasteiger partial charge in [0.05, 0.1) is 6.54 Å². The second-order valence-electron chi connectivity index (χ2n) is 7.47. The van der Waals surface area contributed by atoms with Gasteiger partial charge in [0.15, 0.2) is 5.96 Å². The van der Waals surface area contributed by atoms with Crippen LogP contribution in [0.1, 0.15) is 54.8 Å². The lowest BCUT2D eigenvalue weighted by atomic mass is 9.89. The predicted molar refractivity (Wildman–Crippen MR) is 106 cm³/mol.